The van der Waals surface area contributed by atoms with E-state index in [4.69, 9.17) is 0 Å². The molecule has 23 heavy (non-hydrogen) atoms. The Morgan fingerprint density at radius 3 is 2.65 bits per heavy atom. The number of halogens is 1. The number of hydrogen-bond acceptors (Lipinski definition) is 5. The molecule has 0 bridgehead atoms. The first-order valence-corrected chi connectivity index (χ1v) is 7.61. The molecule has 0 atom stereocenters. The van der Waals surface area contributed by atoms with E-state index in [0.717, 1.165) is 22.7 Å². The van der Waals surface area contributed by atoms with Crippen molar-refractivity contribution in [3.63, 3.8) is 0 Å². The molecule has 7 heteroatoms. The lowest BCUT2D eigenvalue weighted by Gasteiger charge is -1.99. The molecule has 112 valence electrons. The highest BCUT2D eigenvalue weighted by molar-refractivity contribution is 8.14. The van der Waals surface area contributed by atoms with Gasteiger partial charge in [0.25, 0.3) is 0 Å². The average Bonchev–Trinajstić information content (AvgIpc) is 2.93. The number of rotatable bonds is 2. The molecule has 0 radical (unpaired) electrons. The minimum atomic E-state index is -0.385. The van der Waals surface area contributed by atoms with Gasteiger partial charge in [-0.05, 0) is 42.1 Å². The van der Waals surface area contributed by atoms with Crippen LogP contribution < -0.4 is 0 Å². The minimum absolute atomic E-state index is 0.249. The van der Waals surface area contributed by atoms with Crippen molar-refractivity contribution in [1.82, 2.24) is 20.2 Å². The van der Waals surface area contributed by atoms with E-state index in [9.17, 15) is 9.18 Å². The number of H-pyrrole nitrogens is 1. The van der Waals surface area contributed by atoms with Crippen LogP contribution in [0.2, 0.25) is 0 Å². The molecule has 0 spiro atoms. The number of carbonyl (C=O) groups is 1. The molecule has 1 N–H and O–H groups in total. The second-order valence-electron chi connectivity index (χ2n) is 4.86. The summed E-state index contributed by atoms with van der Waals surface area (Å²) in [6.07, 6.45) is 0. The molecule has 0 aliphatic heterocycles. The summed E-state index contributed by atoms with van der Waals surface area (Å²) < 4.78 is 12.9. The Balaban J connectivity index is 1.67. The van der Waals surface area contributed by atoms with E-state index >= 15 is 0 Å². The topological polar surface area (TPSA) is 71.5 Å². The predicted molar refractivity (Wildman–Crippen MR) is 85.8 cm³/mol. The first-order valence-electron chi connectivity index (χ1n) is 6.79. The van der Waals surface area contributed by atoms with E-state index in [1.807, 2.05) is 24.3 Å². The Kier molecular flexibility index (Phi) is 3.27. The Morgan fingerprint density at radius 2 is 1.83 bits per heavy atom. The van der Waals surface area contributed by atoms with Crippen molar-refractivity contribution in [2.45, 2.75) is 5.16 Å². The fourth-order valence-corrected chi connectivity index (χ4v) is 2.92. The quantitative estimate of drug-likeness (QED) is 0.571. The van der Waals surface area contributed by atoms with Crippen LogP contribution in [0.4, 0.5) is 4.39 Å². The van der Waals surface area contributed by atoms with Crippen molar-refractivity contribution in [2.75, 3.05) is 0 Å². The lowest BCUT2D eigenvalue weighted by molar-refractivity contribution is 0.108. The molecule has 0 saturated carbocycles. The van der Waals surface area contributed by atoms with Crippen LogP contribution in [0, 0.1) is 5.82 Å². The summed E-state index contributed by atoms with van der Waals surface area (Å²) in [5.74, 6) is -0.385. The van der Waals surface area contributed by atoms with Gasteiger partial charge >= 0.3 is 0 Å². The third kappa shape index (κ3) is 2.55. The summed E-state index contributed by atoms with van der Waals surface area (Å²) in [6.45, 7) is 0. The summed E-state index contributed by atoms with van der Waals surface area (Å²) >= 11 is 0.861. The van der Waals surface area contributed by atoms with Gasteiger partial charge in [0.1, 0.15) is 11.3 Å². The lowest BCUT2D eigenvalue weighted by atomic mass is 10.2. The first-order chi connectivity index (χ1) is 11.2. The number of para-hydroxylation sites is 1. The maximum absolute atomic E-state index is 12.9. The molecular weight excluding hydrogens is 315 g/mol. The summed E-state index contributed by atoms with van der Waals surface area (Å²) in [6, 6.07) is 13.0. The van der Waals surface area contributed by atoms with Gasteiger partial charge in [-0.3, -0.25) is 4.79 Å². The van der Waals surface area contributed by atoms with Crippen LogP contribution >= 0.6 is 11.8 Å². The fraction of sp³-hybridized carbons (Fsp3) is 0. The molecule has 0 amide bonds. The number of aromatic nitrogens is 4. The van der Waals surface area contributed by atoms with Gasteiger partial charge in [-0.2, -0.15) is 0 Å². The van der Waals surface area contributed by atoms with E-state index in [2.05, 4.69) is 20.2 Å². The van der Waals surface area contributed by atoms with Crippen LogP contribution in [-0.2, 0) is 0 Å². The fourth-order valence-electron chi connectivity index (χ4n) is 2.28. The molecule has 4 rings (SSSR count). The van der Waals surface area contributed by atoms with Gasteiger partial charge in [-0.1, -0.05) is 18.2 Å². The number of hydrogen-bond donors (Lipinski definition) is 1. The number of thioether (sulfide) groups is 1. The van der Waals surface area contributed by atoms with E-state index in [1.54, 1.807) is 0 Å². The monoisotopic (exact) mass is 324 g/mol. The van der Waals surface area contributed by atoms with Crippen molar-refractivity contribution in [1.29, 1.82) is 0 Å². The van der Waals surface area contributed by atoms with Crippen molar-refractivity contribution in [2.24, 2.45) is 0 Å². The van der Waals surface area contributed by atoms with E-state index in [-0.39, 0.29) is 16.1 Å². The van der Waals surface area contributed by atoms with Crippen LogP contribution in [0.1, 0.15) is 10.4 Å². The summed E-state index contributed by atoms with van der Waals surface area (Å²) in [7, 11) is 0. The minimum Gasteiger partial charge on any atom is -0.338 e. The Morgan fingerprint density at radius 1 is 1.04 bits per heavy atom. The number of aromatic amines is 1. The Bertz CT molecular complexity index is 1030. The average molecular weight is 324 g/mol. The van der Waals surface area contributed by atoms with Gasteiger partial charge < -0.3 is 4.98 Å². The van der Waals surface area contributed by atoms with Crippen LogP contribution in [-0.4, -0.2) is 25.3 Å². The van der Waals surface area contributed by atoms with Crippen molar-refractivity contribution < 1.29 is 9.18 Å². The normalized spacial score (nSPS) is 11.2. The summed E-state index contributed by atoms with van der Waals surface area (Å²) in [5, 5.41) is 9.07. The Labute approximate surface area is 134 Å². The molecule has 2 aromatic heterocycles. The smallest absolute Gasteiger partial charge is 0.227 e. The second-order valence-corrected chi connectivity index (χ2v) is 5.80. The van der Waals surface area contributed by atoms with Crippen LogP contribution in [0.3, 0.4) is 0 Å². The molecule has 2 aromatic carbocycles. The molecule has 0 aliphatic carbocycles. The highest BCUT2D eigenvalue weighted by atomic mass is 32.2. The van der Waals surface area contributed by atoms with Gasteiger partial charge in [-0.25, -0.2) is 9.37 Å². The lowest BCUT2D eigenvalue weighted by Crippen LogP contribution is -1.98. The van der Waals surface area contributed by atoms with E-state index in [0.29, 0.717) is 16.7 Å². The highest BCUT2D eigenvalue weighted by Gasteiger charge is 2.13. The zero-order valence-corrected chi connectivity index (χ0v) is 12.5. The van der Waals surface area contributed by atoms with Crippen LogP contribution in [0.15, 0.2) is 53.7 Å². The van der Waals surface area contributed by atoms with Gasteiger partial charge in [0.05, 0.1) is 0 Å². The third-order valence-corrected chi connectivity index (χ3v) is 4.14. The number of nitrogens with one attached hydrogen (secondary N) is 1. The second kappa shape index (κ2) is 5.44. The third-order valence-electron chi connectivity index (χ3n) is 3.37. The summed E-state index contributed by atoms with van der Waals surface area (Å²) in [4.78, 5) is 19.6. The molecule has 0 fully saturated rings. The molecule has 2 heterocycles. The standard InChI is InChI=1S/C16H9FN4OS/c17-10-7-5-9(6-8-10)15(22)23-16-19-14-13(20-21-16)11-3-1-2-4-12(11)18-14/h1-8H,(H,18,19,21). The first kappa shape index (κ1) is 13.8. The number of benzene rings is 2. The molecule has 0 unspecified atom stereocenters. The molecular formula is C16H9FN4OS. The van der Waals surface area contributed by atoms with Gasteiger partial charge in [-0.15, -0.1) is 10.2 Å². The van der Waals surface area contributed by atoms with Crippen molar-refractivity contribution in [3.05, 3.63) is 59.9 Å². The van der Waals surface area contributed by atoms with Crippen molar-refractivity contribution in [3.8, 4) is 0 Å². The molecule has 0 aliphatic rings. The maximum atomic E-state index is 12.9. The predicted octanol–water partition coefficient (Wildman–Crippen LogP) is 3.58. The Hall–Kier alpha value is -2.80. The summed E-state index contributed by atoms with van der Waals surface area (Å²) in [5.41, 5.74) is 2.54. The largest absolute Gasteiger partial charge is 0.338 e. The number of fused-ring (bicyclic) bond motifs is 3. The molecule has 5 nitrogen and oxygen atoms in total. The van der Waals surface area contributed by atoms with Crippen LogP contribution in [0.5, 0.6) is 0 Å². The highest BCUT2D eigenvalue weighted by Crippen LogP contribution is 2.24. The zero-order valence-electron chi connectivity index (χ0n) is 11.7. The number of carbonyl (C=O) groups excluding carboxylic acids is 1. The van der Waals surface area contributed by atoms with E-state index < -0.39 is 0 Å². The molecule has 4 aromatic rings. The van der Waals surface area contributed by atoms with Gasteiger partial charge in [0, 0.05) is 16.5 Å². The van der Waals surface area contributed by atoms with Gasteiger partial charge in [0.2, 0.25) is 10.3 Å². The SMILES string of the molecule is O=C(Sc1nnc2c(n1)[nH]c1ccccc12)c1ccc(F)cc1. The van der Waals surface area contributed by atoms with Crippen molar-refractivity contribution >= 4 is 38.9 Å². The number of nitrogens with zero attached hydrogens (tertiary/aromatic N) is 3. The zero-order chi connectivity index (χ0) is 15.8. The van der Waals surface area contributed by atoms with Gasteiger partial charge in [0.15, 0.2) is 5.65 Å². The molecule has 0 saturated heterocycles. The van der Waals surface area contributed by atoms with Crippen LogP contribution in [0.25, 0.3) is 22.1 Å². The van der Waals surface area contributed by atoms with E-state index in [1.165, 1.54) is 24.3 Å². The maximum Gasteiger partial charge on any atom is 0.227 e.